The van der Waals surface area contributed by atoms with Gasteiger partial charge in [-0.1, -0.05) is 12.1 Å². The van der Waals surface area contributed by atoms with Crippen molar-refractivity contribution in [3.63, 3.8) is 0 Å². The number of fused-ring (bicyclic) bond motifs is 3. The van der Waals surface area contributed by atoms with Gasteiger partial charge in [0.05, 0.1) is 10.2 Å². The molecule has 3 heteroatoms. The van der Waals surface area contributed by atoms with E-state index >= 15 is 0 Å². The Morgan fingerprint density at radius 2 is 2.11 bits per heavy atom. The van der Waals surface area contributed by atoms with Gasteiger partial charge in [-0.25, -0.2) is 4.98 Å². The van der Waals surface area contributed by atoms with Gasteiger partial charge in [0.1, 0.15) is 5.01 Å². The van der Waals surface area contributed by atoms with E-state index in [1.807, 2.05) is 11.3 Å². The summed E-state index contributed by atoms with van der Waals surface area (Å²) in [4.78, 5) is 4.88. The zero-order valence-electron chi connectivity index (χ0n) is 11.1. The van der Waals surface area contributed by atoms with Gasteiger partial charge in [0.15, 0.2) is 0 Å². The van der Waals surface area contributed by atoms with Crippen LogP contribution in [-0.2, 0) is 0 Å². The summed E-state index contributed by atoms with van der Waals surface area (Å²) >= 11 is 1.87. The predicted octanol–water partition coefficient (Wildman–Crippen LogP) is 3.70. The van der Waals surface area contributed by atoms with Gasteiger partial charge in [-0.15, -0.1) is 11.3 Å². The normalized spacial score (nSPS) is 25.7. The van der Waals surface area contributed by atoms with Gasteiger partial charge in [-0.3, -0.25) is 0 Å². The lowest BCUT2D eigenvalue weighted by Crippen LogP contribution is -2.16. The van der Waals surface area contributed by atoms with Crippen LogP contribution in [0.4, 0.5) is 0 Å². The number of para-hydroxylation sites is 1. The third-order valence-corrected chi connectivity index (χ3v) is 5.64. The minimum atomic E-state index is 0.772. The number of allylic oxidation sites excluding steroid dienone is 1. The van der Waals surface area contributed by atoms with E-state index in [4.69, 9.17) is 4.98 Å². The molecule has 2 bridgehead atoms. The molecule has 2 aromatic rings. The number of nitrogens with zero attached hydrogens (tertiary/aromatic N) is 1. The standard InChI is InChI=1S/C16H18N2S/c1-17-9-12-10-6-7-11(8-10)15(12)16-18-13-4-2-3-5-14(13)19-16/h2-5,10-11,17H,6-9H2,1H3/t10-,11+/m1/s1. The van der Waals surface area contributed by atoms with Gasteiger partial charge in [-0.05, 0) is 61.4 Å². The number of hydrogen-bond acceptors (Lipinski definition) is 3. The molecular formula is C16H18N2S. The topological polar surface area (TPSA) is 24.9 Å². The Kier molecular flexibility index (Phi) is 2.71. The fraction of sp³-hybridized carbons (Fsp3) is 0.438. The van der Waals surface area contributed by atoms with Crippen molar-refractivity contribution >= 4 is 27.1 Å². The first-order chi connectivity index (χ1) is 9.36. The summed E-state index contributed by atoms with van der Waals surface area (Å²) in [6.45, 7) is 1.03. The van der Waals surface area contributed by atoms with Crippen LogP contribution in [0.25, 0.3) is 15.8 Å². The summed E-state index contributed by atoms with van der Waals surface area (Å²) in [6.07, 6.45) is 4.11. The Hall–Kier alpha value is -1.19. The molecule has 0 amide bonds. The van der Waals surface area contributed by atoms with Crippen molar-refractivity contribution in [2.45, 2.75) is 19.3 Å². The van der Waals surface area contributed by atoms with Crippen LogP contribution in [-0.4, -0.2) is 18.6 Å². The summed E-state index contributed by atoms with van der Waals surface area (Å²) in [6, 6.07) is 8.49. The number of likely N-dealkylation sites (N-methyl/N-ethyl adjacent to an activating group) is 1. The zero-order chi connectivity index (χ0) is 12.8. The van der Waals surface area contributed by atoms with Crippen LogP contribution in [0, 0.1) is 11.8 Å². The molecule has 4 rings (SSSR count). The van der Waals surface area contributed by atoms with Gasteiger partial charge in [0.2, 0.25) is 0 Å². The molecule has 1 heterocycles. The number of nitrogens with one attached hydrogen (secondary N) is 1. The maximum absolute atomic E-state index is 4.88. The Labute approximate surface area is 117 Å². The van der Waals surface area contributed by atoms with Crippen molar-refractivity contribution < 1.29 is 0 Å². The van der Waals surface area contributed by atoms with E-state index in [9.17, 15) is 0 Å². The molecule has 2 aliphatic carbocycles. The quantitative estimate of drug-likeness (QED) is 0.920. The molecule has 2 aliphatic rings. The third kappa shape index (κ3) is 1.76. The lowest BCUT2D eigenvalue weighted by Gasteiger charge is -2.18. The molecule has 1 N–H and O–H groups in total. The molecule has 0 radical (unpaired) electrons. The monoisotopic (exact) mass is 270 g/mol. The molecular weight excluding hydrogens is 252 g/mol. The van der Waals surface area contributed by atoms with Gasteiger partial charge in [0.25, 0.3) is 0 Å². The van der Waals surface area contributed by atoms with E-state index in [0.29, 0.717) is 0 Å². The van der Waals surface area contributed by atoms with Crippen LogP contribution < -0.4 is 5.32 Å². The molecule has 1 saturated carbocycles. The van der Waals surface area contributed by atoms with E-state index in [1.54, 1.807) is 11.1 Å². The van der Waals surface area contributed by atoms with Crippen molar-refractivity contribution in [1.29, 1.82) is 0 Å². The number of rotatable bonds is 3. The molecule has 2 nitrogen and oxygen atoms in total. The highest BCUT2D eigenvalue weighted by atomic mass is 32.1. The molecule has 98 valence electrons. The average molecular weight is 270 g/mol. The van der Waals surface area contributed by atoms with E-state index < -0.39 is 0 Å². The lowest BCUT2D eigenvalue weighted by molar-refractivity contribution is 0.627. The first kappa shape index (κ1) is 11.6. The third-order valence-electron chi connectivity index (χ3n) is 4.57. The summed E-state index contributed by atoms with van der Waals surface area (Å²) < 4.78 is 1.32. The molecule has 1 aromatic carbocycles. The SMILES string of the molecule is CNCC1=C(c2nc3ccccc3s2)[C@H]2CC[C@@H]1C2. The summed E-state index contributed by atoms with van der Waals surface area (Å²) in [7, 11) is 2.05. The molecule has 0 spiro atoms. The van der Waals surface area contributed by atoms with Crippen LogP contribution >= 0.6 is 11.3 Å². The summed E-state index contributed by atoms with van der Waals surface area (Å²) in [5, 5.41) is 4.62. The largest absolute Gasteiger partial charge is 0.316 e. The van der Waals surface area contributed by atoms with Crippen molar-refractivity contribution in [3.05, 3.63) is 34.8 Å². The van der Waals surface area contributed by atoms with Crippen LogP contribution in [0.3, 0.4) is 0 Å². The Bertz CT molecular complexity index is 623. The Morgan fingerprint density at radius 1 is 1.26 bits per heavy atom. The van der Waals surface area contributed by atoms with E-state index in [-0.39, 0.29) is 0 Å². The van der Waals surface area contributed by atoms with Gasteiger partial charge >= 0.3 is 0 Å². The van der Waals surface area contributed by atoms with Gasteiger partial charge in [-0.2, -0.15) is 0 Å². The van der Waals surface area contributed by atoms with E-state index in [2.05, 4.69) is 36.6 Å². The molecule has 0 saturated heterocycles. The molecule has 0 unspecified atom stereocenters. The first-order valence-electron chi connectivity index (χ1n) is 7.10. The van der Waals surface area contributed by atoms with E-state index in [1.165, 1.54) is 29.0 Å². The van der Waals surface area contributed by atoms with E-state index in [0.717, 1.165) is 23.9 Å². The lowest BCUT2D eigenvalue weighted by atomic mass is 9.92. The minimum Gasteiger partial charge on any atom is -0.316 e. The van der Waals surface area contributed by atoms with Gasteiger partial charge in [0, 0.05) is 6.54 Å². The minimum absolute atomic E-state index is 0.772. The number of aromatic nitrogens is 1. The van der Waals surface area contributed by atoms with Crippen LogP contribution in [0.1, 0.15) is 24.3 Å². The summed E-state index contributed by atoms with van der Waals surface area (Å²) in [5.41, 5.74) is 4.37. The predicted molar refractivity (Wildman–Crippen MR) is 81.3 cm³/mol. The Morgan fingerprint density at radius 3 is 2.95 bits per heavy atom. The fourth-order valence-electron chi connectivity index (χ4n) is 3.77. The highest BCUT2D eigenvalue weighted by molar-refractivity contribution is 7.19. The smallest absolute Gasteiger partial charge is 0.120 e. The molecule has 0 aliphatic heterocycles. The molecule has 1 fully saturated rings. The van der Waals surface area contributed by atoms with Crippen molar-refractivity contribution in [1.82, 2.24) is 10.3 Å². The van der Waals surface area contributed by atoms with Crippen molar-refractivity contribution in [3.8, 4) is 0 Å². The van der Waals surface area contributed by atoms with Crippen molar-refractivity contribution in [2.24, 2.45) is 11.8 Å². The zero-order valence-corrected chi connectivity index (χ0v) is 12.0. The van der Waals surface area contributed by atoms with Crippen molar-refractivity contribution in [2.75, 3.05) is 13.6 Å². The fourth-order valence-corrected chi connectivity index (χ4v) is 4.90. The summed E-state index contributed by atoms with van der Waals surface area (Å²) in [5.74, 6) is 1.59. The Balaban J connectivity index is 1.85. The highest BCUT2D eigenvalue weighted by Gasteiger charge is 2.40. The highest BCUT2D eigenvalue weighted by Crippen LogP contribution is 2.53. The maximum Gasteiger partial charge on any atom is 0.120 e. The number of benzene rings is 1. The maximum atomic E-state index is 4.88. The number of hydrogen-bond donors (Lipinski definition) is 1. The average Bonchev–Trinajstić information content (AvgIpc) is 3.12. The second-order valence-electron chi connectivity index (χ2n) is 5.66. The molecule has 2 atom stereocenters. The second kappa shape index (κ2) is 4.43. The molecule has 19 heavy (non-hydrogen) atoms. The second-order valence-corrected chi connectivity index (χ2v) is 6.69. The molecule has 1 aromatic heterocycles. The van der Waals surface area contributed by atoms with Crippen LogP contribution in [0.2, 0.25) is 0 Å². The van der Waals surface area contributed by atoms with Crippen LogP contribution in [0.15, 0.2) is 29.8 Å². The van der Waals surface area contributed by atoms with Gasteiger partial charge < -0.3 is 5.32 Å². The first-order valence-corrected chi connectivity index (χ1v) is 7.92. The number of thiazole rings is 1. The van der Waals surface area contributed by atoms with Crippen LogP contribution in [0.5, 0.6) is 0 Å².